The van der Waals surface area contributed by atoms with Crippen molar-refractivity contribution in [2.45, 2.75) is 174 Å². The molecule has 0 aromatic heterocycles. The van der Waals surface area contributed by atoms with E-state index >= 15 is 0 Å². The number of unbranched alkanes of at least 4 members (excludes halogenated alkanes) is 3. The van der Waals surface area contributed by atoms with Gasteiger partial charge in [0.15, 0.2) is 0 Å². The zero-order valence-electron chi connectivity index (χ0n) is 30.0. The van der Waals surface area contributed by atoms with Gasteiger partial charge in [0.05, 0.1) is 0 Å². The summed E-state index contributed by atoms with van der Waals surface area (Å²) in [6.45, 7) is 33.8. The first-order valence-corrected chi connectivity index (χ1v) is 27.6. The fourth-order valence-electron chi connectivity index (χ4n) is 6.67. The molecular weight excluding hydrogens is 631 g/mol. The molecule has 1 aliphatic rings. The van der Waals surface area contributed by atoms with Crippen molar-refractivity contribution < 1.29 is 18.6 Å². The van der Waals surface area contributed by atoms with Crippen LogP contribution in [0.2, 0.25) is 31.4 Å². The van der Waals surface area contributed by atoms with Crippen LogP contribution in [0.5, 0.6) is 0 Å². The Morgan fingerprint density at radius 3 is 1.88 bits per heavy atom. The Hall–Kier alpha value is 0.596. The van der Waals surface area contributed by atoms with Gasteiger partial charge >= 0.3 is 264 Å². The van der Waals surface area contributed by atoms with Crippen LogP contribution in [0.4, 0.5) is 0 Å². The number of ether oxygens (including phenoxy) is 3. The topological polar surface area (TPSA) is 36.9 Å². The molecule has 0 bridgehead atoms. The minimum absolute atomic E-state index is 0.101. The first-order valence-electron chi connectivity index (χ1n) is 17.0. The van der Waals surface area contributed by atoms with Crippen LogP contribution in [0, 0.1) is 11.3 Å². The quantitative estimate of drug-likeness (QED) is 0.0762. The standard InChI is InChI=1S/C23H45O4Si.3C4H9.Sn/c1-18-12-13-20(27-21(2,3)4)23(8,14-15-25-17-24-9)19(18)16-26-28(10,11)22(5,6)7;3*1-3-4-2;/h15,19-20H,1,12-14,16-17H2,2-11H3;3*1,3-4H2,2H3;/t19-,20-,23-;;;;/m0..../s1. The molecular formula is C35H72O4SiSn. The van der Waals surface area contributed by atoms with Gasteiger partial charge in [-0.25, -0.2) is 0 Å². The van der Waals surface area contributed by atoms with E-state index in [2.05, 4.69) is 82.3 Å². The van der Waals surface area contributed by atoms with Crippen LogP contribution in [-0.2, 0) is 18.6 Å². The summed E-state index contributed by atoms with van der Waals surface area (Å²) in [5, 5.41) is 0.177. The molecule has 4 nitrogen and oxygen atoms in total. The summed E-state index contributed by atoms with van der Waals surface area (Å²) in [7, 11) is -0.139. The van der Waals surface area contributed by atoms with Crippen molar-refractivity contribution in [3.05, 3.63) is 12.2 Å². The number of hydrogen-bond acceptors (Lipinski definition) is 4. The third kappa shape index (κ3) is 11.8. The third-order valence-electron chi connectivity index (χ3n) is 10.4. The van der Waals surface area contributed by atoms with E-state index in [4.69, 9.17) is 25.2 Å². The van der Waals surface area contributed by atoms with E-state index in [0.717, 1.165) is 25.9 Å². The van der Waals surface area contributed by atoms with Gasteiger partial charge in [-0.15, -0.1) is 0 Å². The number of rotatable bonds is 19. The van der Waals surface area contributed by atoms with Crippen molar-refractivity contribution in [1.82, 2.24) is 0 Å². The fourth-order valence-corrected chi connectivity index (χ4v) is 25.3. The molecule has 0 spiro atoms. The molecule has 0 aromatic rings. The molecule has 244 valence electrons. The average Bonchev–Trinajstić information content (AvgIpc) is 2.86. The molecule has 0 N–H and O–H groups in total. The van der Waals surface area contributed by atoms with Crippen LogP contribution in [0.1, 0.15) is 127 Å². The molecule has 6 heteroatoms. The summed E-state index contributed by atoms with van der Waals surface area (Å²) in [6, 6.07) is 0. The molecule has 0 heterocycles. The van der Waals surface area contributed by atoms with Crippen molar-refractivity contribution in [2.75, 3.05) is 20.5 Å². The van der Waals surface area contributed by atoms with Gasteiger partial charge in [0.25, 0.3) is 0 Å². The van der Waals surface area contributed by atoms with Gasteiger partial charge in [-0.1, -0.05) is 0 Å². The van der Waals surface area contributed by atoms with Crippen LogP contribution < -0.4 is 0 Å². The zero-order chi connectivity index (χ0) is 31.5. The average molecular weight is 704 g/mol. The van der Waals surface area contributed by atoms with Gasteiger partial charge in [0.1, 0.15) is 0 Å². The second-order valence-electron chi connectivity index (χ2n) is 16.0. The maximum atomic E-state index is 6.99. The Kier molecular flexibility index (Phi) is 16.8. The summed E-state index contributed by atoms with van der Waals surface area (Å²) in [5.74, 6) is 0.263. The summed E-state index contributed by atoms with van der Waals surface area (Å²) < 4.78 is 31.1. The first kappa shape index (κ1) is 39.6. The molecule has 0 amide bonds. The summed E-state index contributed by atoms with van der Waals surface area (Å²) in [6.07, 6.45) is 11.0. The molecule has 41 heavy (non-hydrogen) atoms. The van der Waals surface area contributed by atoms with E-state index in [9.17, 15) is 0 Å². The molecule has 0 aromatic carbocycles. The summed E-state index contributed by atoms with van der Waals surface area (Å²) in [5.41, 5.74) is 1.04. The normalized spacial score (nSPS) is 23.7. The van der Waals surface area contributed by atoms with Crippen molar-refractivity contribution in [1.29, 1.82) is 0 Å². The van der Waals surface area contributed by atoms with Crippen molar-refractivity contribution in [3.63, 3.8) is 0 Å². The van der Waals surface area contributed by atoms with E-state index in [1.54, 1.807) is 7.11 Å². The van der Waals surface area contributed by atoms with Crippen LogP contribution >= 0.6 is 0 Å². The molecule has 1 fully saturated rings. The van der Waals surface area contributed by atoms with Gasteiger partial charge in [0, 0.05) is 0 Å². The Bertz CT molecular complexity index is 734. The Labute approximate surface area is 262 Å². The first-order chi connectivity index (χ1) is 18.9. The SMILES string of the molecule is C=C1CC[C@H](OC(C)(C)C)[C@@](C)(C[C@H](OCOC)[Sn]([CH2]CCC)([CH2]CCC)[CH2]CCC)[C@H]1CO[Si](C)(C)C(C)(C)C. The van der Waals surface area contributed by atoms with E-state index in [-0.39, 0.29) is 28.1 Å². The maximum absolute atomic E-state index is 6.99. The second kappa shape index (κ2) is 17.3. The van der Waals surface area contributed by atoms with Gasteiger partial charge in [-0.05, 0) is 0 Å². The summed E-state index contributed by atoms with van der Waals surface area (Å²) >= 11 is -2.80. The monoisotopic (exact) mass is 704 g/mol. The molecule has 0 unspecified atom stereocenters. The molecule has 0 saturated heterocycles. The number of methoxy groups -OCH3 is 1. The van der Waals surface area contributed by atoms with Crippen molar-refractivity contribution in [3.8, 4) is 0 Å². The van der Waals surface area contributed by atoms with Crippen LogP contribution in [-0.4, -0.2) is 63.0 Å². The Balaban J connectivity index is 3.69. The minimum atomic E-state index is -2.80. The molecule has 4 atom stereocenters. The third-order valence-corrected chi connectivity index (χ3v) is 31.5. The van der Waals surface area contributed by atoms with Crippen LogP contribution in [0.25, 0.3) is 0 Å². The van der Waals surface area contributed by atoms with E-state index in [0.29, 0.717) is 10.9 Å². The van der Waals surface area contributed by atoms with Gasteiger partial charge < -0.3 is 0 Å². The van der Waals surface area contributed by atoms with Crippen LogP contribution in [0.3, 0.4) is 0 Å². The summed E-state index contributed by atoms with van der Waals surface area (Å²) in [4.78, 5) is 0. The molecule has 0 aliphatic heterocycles. The second-order valence-corrected chi connectivity index (χ2v) is 34.7. The van der Waals surface area contributed by atoms with Gasteiger partial charge in [-0.3, -0.25) is 0 Å². The number of hydrogen-bond donors (Lipinski definition) is 0. The fraction of sp³-hybridized carbons (Fsp3) is 0.943. The van der Waals surface area contributed by atoms with Crippen LogP contribution in [0.15, 0.2) is 12.2 Å². The predicted octanol–water partition coefficient (Wildman–Crippen LogP) is 10.9. The predicted molar refractivity (Wildman–Crippen MR) is 184 cm³/mol. The molecule has 0 radical (unpaired) electrons. The molecule has 1 saturated carbocycles. The zero-order valence-corrected chi connectivity index (χ0v) is 33.8. The Morgan fingerprint density at radius 2 is 1.46 bits per heavy atom. The van der Waals surface area contributed by atoms with E-state index in [1.165, 1.54) is 57.4 Å². The molecule has 1 aliphatic carbocycles. The van der Waals surface area contributed by atoms with Crippen molar-refractivity contribution >= 4 is 26.7 Å². The Morgan fingerprint density at radius 1 is 0.951 bits per heavy atom. The van der Waals surface area contributed by atoms with E-state index < -0.39 is 26.7 Å². The van der Waals surface area contributed by atoms with Gasteiger partial charge in [0.2, 0.25) is 0 Å². The van der Waals surface area contributed by atoms with E-state index in [1.807, 2.05) is 0 Å². The van der Waals surface area contributed by atoms with Crippen molar-refractivity contribution in [2.24, 2.45) is 11.3 Å². The molecule has 1 rings (SSSR count). The van der Waals surface area contributed by atoms with Gasteiger partial charge in [-0.2, -0.15) is 0 Å².